The molecular weight excluding hydrogens is 210 g/mol. The molecule has 0 aromatic heterocycles. The second kappa shape index (κ2) is 4.34. The molecule has 0 saturated heterocycles. The first-order chi connectivity index (χ1) is 7.57. The molecule has 0 spiro atoms. The zero-order valence-corrected chi connectivity index (χ0v) is 11.8. The van der Waals surface area contributed by atoms with E-state index in [9.17, 15) is 5.11 Å². The summed E-state index contributed by atoms with van der Waals surface area (Å²) >= 11 is 0. The van der Waals surface area contributed by atoms with Gasteiger partial charge in [0.05, 0.1) is 0 Å². The van der Waals surface area contributed by atoms with E-state index in [2.05, 4.69) is 41.5 Å². The summed E-state index contributed by atoms with van der Waals surface area (Å²) in [5.41, 5.74) is 8.22. The largest absolute Gasteiger partial charge is 0.326 e. The maximum Gasteiger partial charge on any atom is 0.186 e. The van der Waals surface area contributed by atoms with E-state index in [1.807, 2.05) is 12.1 Å². The molecule has 2 N–H and O–H groups in total. The number of rotatable bonds is 1. The minimum atomic E-state index is -0.137. The van der Waals surface area contributed by atoms with Gasteiger partial charge in [0.15, 0.2) is 5.75 Å². The number of nitrogens with two attached hydrogens (primary N) is 1. The Balaban J connectivity index is 3.53. The van der Waals surface area contributed by atoms with Crippen molar-refractivity contribution in [3.8, 4) is 5.75 Å². The molecule has 1 aromatic rings. The van der Waals surface area contributed by atoms with E-state index in [4.69, 9.17) is 5.73 Å². The number of hydrogen-bond acceptors (Lipinski definition) is 1. The van der Waals surface area contributed by atoms with Crippen LogP contribution in [0.25, 0.3) is 0 Å². The zero-order valence-electron chi connectivity index (χ0n) is 11.8. The van der Waals surface area contributed by atoms with Crippen LogP contribution in [0.15, 0.2) is 12.1 Å². The molecule has 0 aliphatic heterocycles. The van der Waals surface area contributed by atoms with E-state index in [0.717, 1.165) is 16.7 Å². The smallest absolute Gasteiger partial charge is 0.186 e. The molecule has 95 valence electrons. The Labute approximate surface area is 105 Å². The highest BCUT2D eigenvalue weighted by Crippen LogP contribution is 2.40. The van der Waals surface area contributed by atoms with Crippen LogP contribution < -0.4 is 5.73 Å². The van der Waals surface area contributed by atoms with Crippen LogP contribution in [0, 0.1) is 0 Å². The van der Waals surface area contributed by atoms with Crippen molar-refractivity contribution in [2.75, 3.05) is 0 Å². The fourth-order valence-electron chi connectivity index (χ4n) is 1.92. The lowest BCUT2D eigenvalue weighted by Gasteiger charge is -2.26. The van der Waals surface area contributed by atoms with Crippen molar-refractivity contribution in [2.24, 2.45) is 5.73 Å². The van der Waals surface area contributed by atoms with Crippen LogP contribution in [0.2, 0.25) is 0 Å². The van der Waals surface area contributed by atoms with Crippen molar-refractivity contribution < 1.29 is 5.11 Å². The summed E-state index contributed by atoms with van der Waals surface area (Å²) in [4.78, 5) is 0. The topological polar surface area (TPSA) is 45.9 Å². The molecule has 2 nitrogen and oxygen atoms in total. The van der Waals surface area contributed by atoms with E-state index in [-0.39, 0.29) is 16.6 Å². The minimum absolute atomic E-state index is 0.137. The van der Waals surface area contributed by atoms with Crippen molar-refractivity contribution in [3.05, 3.63) is 28.8 Å². The van der Waals surface area contributed by atoms with Crippen LogP contribution in [0.4, 0.5) is 0 Å². The van der Waals surface area contributed by atoms with Gasteiger partial charge < -0.3 is 5.73 Å². The van der Waals surface area contributed by atoms with Gasteiger partial charge in [-0.3, -0.25) is 5.11 Å². The second-order valence-corrected chi connectivity index (χ2v) is 6.72. The molecule has 1 aromatic carbocycles. The average Bonchev–Trinajstić information content (AvgIpc) is 2.14. The predicted octanol–water partition coefficient (Wildman–Crippen LogP) is 3.88. The molecule has 0 saturated carbocycles. The summed E-state index contributed by atoms with van der Waals surface area (Å²) in [6.45, 7) is 12.9. The van der Waals surface area contributed by atoms with Gasteiger partial charge in [0.25, 0.3) is 0 Å². The van der Waals surface area contributed by atoms with E-state index >= 15 is 0 Å². The van der Waals surface area contributed by atoms with Gasteiger partial charge in [-0.25, -0.2) is 0 Å². The van der Waals surface area contributed by atoms with Gasteiger partial charge in [0.1, 0.15) is 0 Å². The van der Waals surface area contributed by atoms with Gasteiger partial charge in [-0.15, -0.1) is 0 Å². The first kappa shape index (κ1) is 14.0. The summed E-state index contributed by atoms with van der Waals surface area (Å²) in [5, 5.41) is 12.5. The third kappa shape index (κ3) is 3.01. The maximum atomic E-state index is 12.5. The Kier molecular flexibility index (Phi) is 3.58. The Morgan fingerprint density at radius 1 is 0.941 bits per heavy atom. The predicted molar refractivity (Wildman–Crippen MR) is 71.9 cm³/mol. The molecule has 17 heavy (non-hydrogen) atoms. The Morgan fingerprint density at radius 2 is 1.29 bits per heavy atom. The molecule has 0 aliphatic carbocycles. The molecule has 0 heterocycles. The van der Waals surface area contributed by atoms with Crippen LogP contribution in [0.1, 0.15) is 58.2 Å². The number of hydrogen-bond donors (Lipinski definition) is 1. The maximum absolute atomic E-state index is 12.5. The van der Waals surface area contributed by atoms with Crippen molar-refractivity contribution in [3.63, 3.8) is 0 Å². The van der Waals surface area contributed by atoms with Crippen molar-refractivity contribution in [1.82, 2.24) is 0 Å². The first-order valence-corrected chi connectivity index (χ1v) is 6.12. The van der Waals surface area contributed by atoms with E-state index in [1.165, 1.54) is 0 Å². The van der Waals surface area contributed by atoms with Crippen molar-refractivity contribution >= 4 is 0 Å². The van der Waals surface area contributed by atoms with Gasteiger partial charge in [-0.05, 0) is 16.4 Å². The van der Waals surface area contributed by atoms with Gasteiger partial charge in [-0.1, -0.05) is 53.7 Å². The fourth-order valence-corrected chi connectivity index (χ4v) is 1.92. The van der Waals surface area contributed by atoms with Gasteiger partial charge in [-0.2, -0.15) is 0 Å². The van der Waals surface area contributed by atoms with E-state index in [1.54, 1.807) is 0 Å². The summed E-state index contributed by atoms with van der Waals surface area (Å²) in [7, 11) is 0. The molecule has 0 amide bonds. The van der Waals surface area contributed by atoms with Crippen LogP contribution in [-0.2, 0) is 22.5 Å². The molecule has 2 heteroatoms. The molecule has 0 aliphatic rings. The first-order valence-electron chi connectivity index (χ1n) is 6.12. The average molecular weight is 234 g/mol. The minimum Gasteiger partial charge on any atom is -0.326 e. The fraction of sp³-hybridized carbons (Fsp3) is 0.600. The molecule has 0 bridgehead atoms. The molecule has 1 radical (unpaired) electrons. The van der Waals surface area contributed by atoms with Crippen LogP contribution in [-0.4, -0.2) is 0 Å². The summed E-state index contributed by atoms with van der Waals surface area (Å²) < 4.78 is 0. The highest BCUT2D eigenvalue weighted by atomic mass is 16.3. The van der Waals surface area contributed by atoms with E-state index in [0.29, 0.717) is 6.54 Å². The summed E-state index contributed by atoms with van der Waals surface area (Å²) in [6, 6.07) is 3.91. The van der Waals surface area contributed by atoms with Crippen LogP contribution in [0.3, 0.4) is 0 Å². The molecular formula is C15H24NO. The standard InChI is InChI=1S/C15H24NO/c1-14(2,3)11-7-10(9-16)8-12(13(11)17)15(4,5)6/h7-8H,9,16H2,1-6H3. The highest BCUT2D eigenvalue weighted by Gasteiger charge is 2.27. The third-order valence-electron chi connectivity index (χ3n) is 3.00. The van der Waals surface area contributed by atoms with Gasteiger partial charge >= 0.3 is 0 Å². The van der Waals surface area contributed by atoms with Crippen LogP contribution >= 0.6 is 0 Å². The molecule has 1 rings (SSSR count). The monoisotopic (exact) mass is 234 g/mol. The summed E-state index contributed by atoms with van der Waals surface area (Å²) in [5.74, 6) is 0.169. The number of benzene rings is 1. The SMILES string of the molecule is CC(C)(C)c1cc(CN)cc(C(C)(C)C)c1[O]. The Morgan fingerprint density at radius 3 is 1.53 bits per heavy atom. The zero-order chi connectivity index (χ0) is 13.4. The lowest BCUT2D eigenvalue weighted by molar-refractivity contribution is 0.327. The van der Waals surface area contributed by atoms with Crippen molar-refractivity contribution in [1.29, 1.82) is 0 Å². The van der Waals surface area contributed by atoms with Crippen molar-refractivity contribution in [2.45, 2.75) is 58.9 Å². The Bertz CT molecular complexity index is 373. The summed E-state index contributed by atoms with van der Waals surface area (Å²) in [6.07, 6.45) is 0. The highest BCUT2D eigenvalue weighted by molar-refractivity contribution is 5.49. The van der Waals surface area contributed by atoms with Crippen LogP contribution in [0.5, 0.6) is 5.75 Å². The van der Waals surface area contributed by atoms with Gasteiger partial charge in [0, 0.05) is 17.7 Å². The molecule has 0 unspecified atom stereocenters. The van der Waals surface area contributed by atoms with E-state index < -0.39 is 0 Å². The van der Waals surface area contributed by atoms with Gasteiger partial charge in [0.2, 0.25) is 0 Å². The lowest BCUT2D eigenvalue weighted by Crippen LogP contribution is -2.18. The quantitative estimate of drug-likeness (QED) is 0.787. The lowest BCUT2D eigenvalue weighted by atomic mass is 9.78. The molecule has 0 atom stereocenters. The molecule has 0 fully saturated rings. The Hall–Kier alpha value is -1.02. The third-order valence-corrected chi connectivity index (χ3v) is 3.00. The second-order valence-electron chi connectivity index (χ2n) is 6.72. The normalized spacial score (nSPS) is 12.9.